The standard InChI is InChI=1S/C25H25N3O2/c29-20-13-18-10-9-17-5-1-2-7-22(17)25(18)28(15-20)16-24(30)26-12-11-19-14-27-23-8-4-3-6-21(19)23/h1-10,14,20,27,29H,11-13,15-16H2,(H,26,30). The number of fused-ring (bicyclic) bond motifs is 4. The molecule has 0 saturated carbocycles. The lowest BCUT2D eigenvalue weighted by molar-refractivity contribution is -0.119. The van der Waals surface area contributed by atoms with E-state index in [4.69, 9.17) is 0 Å². The zero-order valence-corrected chi connectivity index (χ0v) is 16.8. The highest BCUT2D eigenvalue weighted by molar-refractivity contribution is 5.98. The van der Waals surface area contributed by atoms with E-state index < -0.39 is 6.10 Å². The van der Waals surface area contributed by atoms with Crippen molar-refractivity contribution in [2.24, 2.45) is 0 Å². The smallest absolute Gasteiger partial charge is 0.239 e. The summed E-state index contributed by atoms with van der Waals surface area (Å²) in [6, 6.07) is 20.6. The van der Waals surface area contributed by atoms with Crippen LogP contribution in [0.25, 0.3) is 21.7 Å². The topological polar surface area (TPSA) is 68.4 Å². The largest absolute Gasteiger partial charge is 0.391 e. The Kier molecular flexibility index (Phi) is 4.89. The van der Waals surface area contributed by atoms with Gasteiger partial charge in [0.2, 0.25) is 5.91 Å². The summed E-state index contributed by atoms with van der Waals surface area (Å²) in [5.41, 5.74) is 4.49. The monoisotopic (exact) mass is 399 g/mol. The Bertz CT molecular complexity index is 1210. The van der Waals surface area contributed by atoms with E-state index in [0.29, 0.717) is 19.5 Å². The molecule has 5 nitrogen and oxygen atoms in total. The molecule has 152 valence electrons. The van der Waals surface area contributed by atoms with Crippen LogP contribution in [0.3, 0.4) is 0 Å². The van der Waals surface area contributed by atoms with Gasteiger partial charge >= 0.3 is 0 Å². The van der Waals surface area contributed by atoms with E-state index in [1.165, 1.54) is 10.9 Å². The Morgan fingerprint density at radius 2 is 1.87 bits per heavy atom. The Labute approximate surface area is 175 Å². The first-order chi connectivity index (χ1) is 14.7. The van der Waals surface area contributed by atoms with Gasteiger partial charge in [0.05, 0.1) is 12.6 Å². The number of aliphatic hydroxyl groups is 1. The summed E-state index contributed by atoms with van der Waals surface area (Å²) in [6.45, 7) is 1.29. The Morgan fingerprint density at radius 3 is 2.77 bits per heavy atom. The second kappa shape index (κ2) is 7.84. The number of nitrogens with one attached hydrogen (secondary N) is 2. The molecular formula is C25H25N3O2. The van der Waals surface area contributed by atoms with Crippen LogP contribution in [0.1, 0.15) is 11.1 Å². The third-order valence-corrected chi connectivity index (χ3v) is 5.91. The summed E-state index contributed by atoms with van der Waals surface area (Å²) in [7, 11) is 0. The molecule has 30 heavy (non-hydrogen) atoms. The first-order valence-corrected chi connectivity index (χ1v) is 10.4. The second-order valence-corrected chi connectivity index (χ2v) is 7.99. The number of benzene rings is 3. The molecule has 0 aliphatic carbocycles. The number of aromatic amines is 1. The molecule has 3 N–H and O–H groups in total. The second-order valence-electron chi connectivity index (χ2n) is 7.99. The van der Waals surface area contributed by atoms with Crippen molar-refractivity contribution in [1.82, 2.24) is 10.3 Å². The van der Waals surface area contributed by atoms with Gasteiger partial charge in [-0.3, -0.25) is 4.79 Å². The molecular weight excluding hydrogens is 374 g/mol. The SMILES string of the molecule is O=C(CN1CC(O)Cc2ccc3ccccc3c21)NCCc1c[nH]c2ccccc12. The fourth-order valence-corrected chi connectivity index (χ4v) is 4.55. The maximum Gasteiger partial charge on any atom is 0.239 e. The minimum atomic E-state index is -0.460. The van der Waals surface area contributed by atoms with Gasteiger partial charge in [0.1, 0.15) is 0 Å². The number of hydrogen-bond donors (Lipinski definition) is 3. The lowest BCUT2D eigenvalue weighted by atomic mass is 9.95. The fourth-order valence-electron chi connectivity index (χ4n) is 4.55. The van der Waals surface area contributed by atoms with Crippen molar-refractivity contribution in [1.29, 1.82) is 0 Å². The van der Waals surface area contributed by atoms with Crippen molar-refractivity contribution in [2.45, 2.75) is 18.9 Å². The molecule has 5 heteroatoms. The van der Waals surface area contributed by atoms with Gasteiger partial charge in [-0.2, -0.15) is 0 Å². The molecule has 0 fully saturated rings. The number of hydrogen-bond acceptors (Lipinski definition) is 3. The lowest BCUT2D eigenvalue weighted by Crippen LogP contribution is -2.44. The number of H-pyrrole nitrogens is 1. The maximum atomic E-state index is 12.7. The molecule has 4 aromatic rings. The summed E-state index contributed by atoms with van der Waals surface area (Å²) in [4.78, 5) is 18.0. The van der Waals surface area contributed by atoms with E-state index in [2.05, 4.69) is 46.7 Å². The minimum Gasteiger partial charge on any atom is -0.391 e. The van der Waals surface area contributed by atoms with Gasteiger partial charge in [0.25, 0.3) is 0 Å². The highest BCUT2D eigenvalue weighted by atomic mass is 16.3. The number of carbonyl (C=O) groups excluding carboxylic acids is 1. The average Bonchev–Trinajstić information content (AvgIpc) is 3.16. The predicted octanol–water partition coefficient (Wildman–Crippen LogP) is 3.40. The third-order valence-electron chi connectivity index (χ3n) is 5.91. The molecule has 0 saturated heterocycles. The number of nitrogens with zero attached hydrogens (tertiary/aromatic N) is 1. The van der Waals surface area contributed by atoms with Gasteiger partial charge in [-0.15, -0.1) is 0 Å². The van der Waals surface area contributed by atoms with Crippen molar-refractivity contribution in [3.05, 3.63) is 78.0 Å². The predicted molar refractivity (Wildman–Crippen MR) is 121 cm³/mol. The summed E-state index contributed by atoms with van der Waals surface area (Å²) in [5, 5.41) is 16.9. The highest BCUT2D eigenvalue weighted by Crippen LogP contribution is 2.34. The first-order valence-electron chi connectivity index (χ1n) is 10.4. The summed E-state index contributed by atoms with van der Waals surface area (Å²) in [6.07, 6.45) is 2.95. The van der Waals surface area contributed by atoms with Crippen LogP contribution in [0, 0.1) is 0 Å². The van der Waals surface area contributed by atoms with Gasteiger partial charge < -0.3 is 20.3 Å². The van der Waals surface area contributed by atoms with Crippen LogP contribution in [0.4, 0.5) is 5.69 Å². The number of rotatable bonds is 5. The number of para-hydroxylation sites is 1. The Morgan fingerprint density at radius 1 is 1.07 bits per heavy atom. The molecule has 5 rings (SSSR count). The molecule has 3 aromatic carbocycles. The van der Waals surface area contributed by atoms with E-state index in [1.807, 2.05) is 35.4 Å². The summed E-state index contributed by atoms with van der Waals surface area (Å²) < 4.78 is 0. The number of amides is 1. The van der Waals surface area contributed by atoms with Crippen molar-refractivity contribution in [3.8, 4) is 0 Å². The molecule has 1 aromatic heterocycles. The Hall–Kier alpha value is -3.31. The van der Waals surface area contributed by atoms with Gasteiger partial charge in [0, 0.05) is 47.7 Å². The number of carbonyl (C=O) groups is 1. The van der Waals surface area contributed by atoms with Crippen LogP contribution in [0.5, 0.6) is 0 Å². The molecule has 0 spiro atoms. The van der Waals surface area contributed by atoms with Gasteiger partial charge in [0.15, 0.2) is 0 Å². The summed E-state index contributed by atoms with van der Waals surface area (Å²) >= 11 is 0. The molecule has 1 aliphatic rings. The molecule has 1 unspecified atom stereocenters. The van der Waals surface area contributed by atoms with Crippen LogP contribution in [0.15, 0.2) is 66.9 Å². The van der Waals surface area contributed by atoms with Crippen LogP contribution >= 0.6 is 0 Å². The lowest BCUT2D eigenvalue weighted by Gasteiger charge is -2.34. The van der Waals surface area contributed by atoms with Gasteiger partial charge in [-0.05, 0) is 29.0 Å². The molecule has 0 radical (unpaired) electrons. The van der Waals surface area contributed by atoms with E-state index in [0.717, 1.165) is 34.0 Å². The van der Waals surface area contributed by atoms with E-state index in [-0.39, 0.29) is 12.5 Å². The highest BCUT2D eigenvalue weighted by Gasteiger charge is 2.26. The first kappa shape index (κ1) is 18.7. The number of aliphatic hydroxyl groups excluding tert-OH is 1. The average molecular weight is 399 g/mol. The van der Waals surface area contributed by atoms with E-state index >= 15 is 0 Å². The van der Waals surface area contributed by atoms with E-state index in [1.54, 1.807) is 0 Å². The van der Waals surface area contributed by atoms with Crippen LogP contribution < -0.4 is 10.2 Å². The normalized spacial score (nSPS) is 16.0. The summed E-state index contributed by atoms with van der Waals surface area (Å²) in [5.74, 6) is -0.0252. The van der Waals surface area contributed by atoms with Crippen LogP contribution in [0.2, 0.25) is 0 Å². The maximum absolute atomic E-state index is 12.7. The molecule has 2 heterocycles. The zero-order valence-electron chi connectivity index (χ0n) is 16.8. The van der Waals surface area contributed by atoms with Gasteiger partial charge in [-0.1, -0.05) is 54.6 Å². The zero-order chi connectivity index (χ0) is 20.5. The minimum absolute atomic E-state index is 0.0252. The number of β-amino-alcohol motifs (C(OH)–C–C–N with tert-alkyl or cyclic N) is 1. The van der Waals surface area contributed by atoms with Crippen LogP contribution in [-0.4, -0.2) is 41.7 Å². The number of aromatic nitrogens is 1. The fraction of sp³-hybridized carbons (Fsp3) is 0.240. The van der Waals surface area contributed by atoms with E-state index in [9.17, 15) is 9.90 Å². The third kappa shape index (κ3) is 3.53. The molecule has 0 bridgehead atoms. The van der Waals surface area contributed by atoms with Crippen molar-refractivity contribution in [2.75, 3.05) is 24.5 Å². The number of anilines is 1. The van der Waals surface area contributed by atoms with Crippen LogP contribution in [-0.2, 0) is 17.6 Å². The Balaban J connectivity index is 1.29. The van der Waals surface area contributed by atoms with Crippen molar-refractivity contribution < 1.29 is 9.90 Å². The molecule has 1 aliphatic heterocycles. The molecule has 1 amide bonds. The van der Waals surface area contributed by atoms with Crippen molar-refractivity contribution in [3.63, 3.8) is 0 Å². The quantitative estimate of drug-likeness (QED) is 0.482. The van der Waals surface area contributed by atoms with Gasteiger partial charge in [-0.25, -0.2) is 0 Å². The molecule has 1 atom stereocenters. The van der Waals surface area contributed by atoms with Crippen molar-refractivity contribution >= 4 is 33.3 Å².